The summed E-state index contributed by atoms with van der Waals surface area (Å²) in [6.45, 7) is 5.97. The molecular weight excluding hydrogens is 150 g/mol. The lowest BCUT2D eigenvalue weighted by atomic mass is 10.1. The summed E-state index contributed by atoms with van der Waals surface area (Å²) in [5.74, 6) is 0. The standard InChI is InChI=1S/C8H9NO.C2H6/c1-7-4-2-3-5-8(7)6-9-10;1-2/h2-6,10H,1H3;1-2H3/b9-6-;. The number of aryl methyl sites for hydroxylation is 1. The number of hydrogen-bond donors (Lipinski definition) is 1. The number of oxime groups is 1. The maximum Gasteiger partial charge on any atom is 0.0736 e. The minimum Gasteiger partial charge on any atom is -0.411 e. The van der Waals surface area contributed by atoms with E-state index in [1.807, 2.05) is 45.0 Å². The van der Waals surface area contributed by atoms with Crippen molar-refractivity contribution < 1.29 is 5.21 Å². The fourth-order valence-electron chi connectivity index (χ4n) is 0.794. The van der Waals surface area contributed by atoms with E-state index >= 15 is 0 Å². The van der Waals surface area contributed by atoms with Crippen LogP contribution in [0.15, 0.2) is 29.4 Å². The zero-order chi connectivity index (χ0) is 9.40. The molecule has 0 bridgehead atoms. The second-order valence-electron chi connectivity index (χ2n) is 2.10. The number of rotatable bonds is 1. The van der Waals surface area contributed by atoms with E-state index in [-0.39, 0.29) is 0 Å². The Morgan fingerprint density at radius 3 is 2.33 bits per heavy atom. The van der Waals surface area contributed by atoms with E-state index in [0.717, 1.165) is 11.1 Å². The second-order valence-corrected chi connectivity index (χ2v) is 2.10. The Morgan fingerprint density at radius 2 is 1.83 bits per heavy atom. The van der Waals surface area contributed by atoms with Crippen molar-refractivity contribution in [2.75, 3.05) is 0 Å². The predicted octanol–water partition coefficient (Wildman–Crippen LogP) is 2.83. The molecule has 0 heterocycles. The van der Waals surface area contributed by atoms with Gasteiger partial charge >= 0.3 is 0 Å². The lowest BCUT2D eigenvalue weighted by molar-refractivity contribution is 0.322. The van der Waals surface area contributed by atoms with Crippen molar-refractivity contribution in [2.24, 2.45) is 5.16 Å². The molecule has 0 saturated heterocycles. The molecule has 1 aromatic rings. The fourth-order valence-corrected chi connectivity index (χ4v) is 0.794. The molecular formula is C10H15NO. The molecule has 0 aliphatic rings. The molecule has 1 rings (SSSR count). The van der Waals surface area contributed by atoms with E-state index in [1.165, 1.54) is 6.21 Å². The molecule has 0 spiro atoms. The monoisotopic (exact) mass is 165 g/mol. The Kier molecular flexibility index (Phi) is 5.70. The third-order valence-corrected chi connectivity index (χ3v) is 1.39. The number of hydrogen-bond acceptors (Lipinski definition) is 2. The summed E-state index contributed by atoms with van der Waals surface area (Å²) in [5.41, 5.74) is 2.06. The molecule has 0 fully saturated rings. The molecule has 0 saturated carbocycles. The van der Waals surface area contributed by atoms with Gasteiger partial charge in [0, 0.05) is 0 Å². The van der Waals surface area contributed by atoms with Crippen molar-refractivity contribution in [1.29, 1.82) is 0 Å². The van der Waals surface area contributed by atoms with E-state index < -0.39 is 0 Å². The smallest absolute Gasteiger partial charge is 0.0736 e. The van der Waals surface area contributed by atoms with Gasteiger partial charge in [-0.3, -0.25) is 0 Å². The lowest BCUT2D eigenvalue weighted by Gasteiger charge is -1.94. The van der Waals surface area contributed by atoms with Crippen LogP contribution in [0.25, 0.3) is 0 Å². The summed E-state index contributed by atoms with van der Waals surface area (Å²) in [6, 6.07) is 7.72. The number of nitrogens with zero attached hydrogens (tertiary/aromatic N) is 1. The fraction of sp³-hybridized carbons (Fsp3) is 0.300. The Hall–Kier alpha value is -1.31. The van der Waals surface area contributed by atoms with Crippen LogP contribution in [0.2, 0.25) is 0 Å². The van der Waals surface area contributed by atoms with Gasteiger partial charge in [-0.2, -0.15) is 0 Å². The molecule has 0 aliphatic carbocycles. The molecule has 0 radical (unpaired) electrons. The van der Waals surface area contributed by atoms with Crippen LogP contribution < -0.4 is 0 Å². The van der Waals surface area contributed by atoms with Gasteiger partial charge in [0.1, 0.15) is 0 Å². The molecule has 2 nitrogen and oxygen atoms in total. The van der Waals surface area contributed by atoms with E-state index in [0.29, 0.717) is 0 Å². The van der Waals surface area contributed by atoms with Gasteiger partial charge in [-0.05, 0) is 18.1 Å². The zero-order valence-corrected chi connectivity index (χ0v) is 7.78. The van der Waals surface area contributed by atoms with E-state index in [4.69, 9.17) is 5.21 Å². The van der Waals surface area contributed by atoms with E-state index in [2.05, 4.69) is 5.16 Å². The SMILES string of the molecule is CC.Cc1ccccc1/C=N\O. The highest BCUT2D eigenvalue weighted by Crippen LogP contribution is 2.02. The Labute approximate surface area is 73.5 Å². The summed E-state index contributed by atoms with van der Waals surface area (Å²) in [4.78, 5) is 0. The van der Waals surface area contributed by atoms with Crippen molar-refractivity contribution >= 4 is 6.21 Å². The molecule has 1 N–H and O–H groups in total. The maximum absolute atomic E-state index is 8.21. The van der Waals surface area contributed by atoms with Crippen LogP contribution in [0.5, 0.6) is 0 Å². The summed E-state index contributed by atoms with van der Waals surface area (Å²) >= 11 is 0. The average molecular weight is 165 g/mol. The first-order valence-corrected chi connectivity index (χ1v) is 4.07. The predicted molar refractivity (Wildman–Crippen MR) is 51.9 cm³/mol. The highest BCUT2D eigenvalue weighted by atomic mass is 16.4. The first-order chi connectivity index (χ1) is 5.84. The van der Waals surface area contributed by atoms with Gasteiger partial charge in [0.05, 0.1) is 6.21 Å². The quantitative estimate of drug-likeness (QED) is 0.387. The zero-order valence-electron chi connectivity index (χ0n) is 7.78. The molecule has 2 heteroatoms. The summed E-state index contributed by atoms with van der Waals surface area (Å²) in [6.07, 6.45) is 1.43. The van der Waals surface area contributed by atoms with Crippen LogP contribution in [0, 0.1) is 6.92 Å². The molecule has 12 heavy (non-hydrogen) atoms. The van der Waals surface area contributed by atoms with Gasteiger partial charge in [-0.1, -0.05) is 43.3 Å². The van der Waals surface area contributed by atoms with Crippen LogP contribution in [-0.4, -0.2) is 11.4 Å². The van der Waals surface area contributed by atoms with Crippen LogP contribution in [0.4, 0.5) is 0 Å². The summed E-state index contributed by atoms with van der Waals surface area (Å²) in [7, 11) is 0. The van der Waals surface area contributed by atoms with Crippen LogP contribution in [-0.2, 0) is 0 Å². The van der Waals surface area contributed by atoms with Crippen LogP contribution in [0.3, 0.4) is 0 Å². The van der Waals surface area contributed by atoms with Gasteiger partial charge in [-0.15, -0.1) is 0 Å². The third-order valence-electron chi connectivity index (χ3n) is 1.39. The molecule has 66 valence electrons. The van der Waals surface area contributed by atoms with Gasteiger partial charge in [0.25, 0.3) is 0 Å². The van der Waals surface area contributed by atoms with Gasteiger partial charge < -0.3 is 5.21 Å². The van der Waals surface area contributed by atoms with Gasteiger partial charge in [0.2, 0.25) is 0 Å². The topological polar surface area (TPSA) is 32.6 Å². The normalized spacial score (nSPS) is 9.25. The Balaban J connectivity index is 0.000000561. The average Bonchev–Trinajstić information content (AvgIpc) is 2.13. The molecule has 0 aromatic heterocycles. The van der Waals surface area contributed by atoms with Crippen molar-refractivity contribution in [1.82, 2.24) is 0 Å². The largest absolute Gasteiger partial charge is 0.411 e. The molecule has 0 aliphatic heterocycles. The molecule has 0 unspecified atom stereocenters. The van der Waals surface area contributed by atoms with Crippen molar-refractivity contribution in [3.05, 3.63) is 35.4 Å². The Morgan fingerprint density at radius 1 is 1.25 bits per heavy atom. The van der Waals surface area contributed by atoms with Crippen LogP contribution >= 0.6 is 0 Å². The molecule has 0 atom stereocenters. The minimum atomic E-state index is 0.949. The Bertz CT molecular complexity index is 243. The van der Waals surface area contributed by atoms with Crippen LogP contribution in [0.1, 0.15) is 25.0 Å². The lowest BCUT2D eigenvalue weighted by Crippen LogP contribution is -1.84. The van der Waals surface area contributed by atoms with Crippen molar-refractivity contribution in [3.8, 4) is 0 Å². The first kappa shape index (κ1) is 10.7. The minimum absolute atomic E-state index is 0.949. The second kappa shape index (κ2) is 6.40. The first-order valence-electron chi connectivity index (χ1n) is 4.07. The van der Waals surface area contributed by atoms with Gasteiger partial charge in [0.15, 0.2) is 0 Å². The molecule has 1 aromatic carbocycles. The van der Waals surface area contributed by atoms with Crippen molar-refractivity contribution in [3.63, 3.8) is 0 Å². The highest BCUT2D eigenvalue weighted by Gasteiger charge is 1.89. The summed E-state index contributed by atoms with van der Waals surface area (Å²) in [5, 5.41) is 11.2. The van der Waals surface area contributed by atoms with Crippen molar-refractivity contribution in [2.45, 2.75) is 20.8 Å². The van der Waals surface area contributed by atoms with Gasteiger partial charge in [-0.25, -0.2) is 0 Å². The third kappa shape index (κ3) is 3.19. The number of benzene rings is 1. The van der Waals surface area contributed by atoms with E-state index in [9.17, 15) is 0 Å². The highest BCUT2D eigenvalue weighted by molar-refractivity contribution is 5.80. The van der Waals surface area contributed by atoms with E-state index in [1.54, 1.807) is 0 Å². The maximum atomic E-state index is 8.21. The molecule has 0 amide bonds. The summed E-state index contributed by atoms with van der Waals surface area (Å²) < 4.78 is 0.